The highest BCUT2D eigenvalue weighted by molar-refractivity contribution is 7.98. The van der Waals surface area contributed by atoms with E-state index in [-0.39, 0.29) is 0 Å². The van der Waals surface area contributed by atoms with E-state index in [0.29, 0.717) is 17.4 Å². The van der Waals surface area contributed by atoms with Crippen molar-refractivity contribution in [3.05, 3.63) is 23.8 Å². The Bertz CT molecular complexity index is 451. The lowest BCUT2D eigenvalue weighted by molar-refractivity contribution is 0.0694. The highest BCUT2D eigenvalue weighted by atomic mass is 32.2. The molecule has 0 saturated carbocycles. The van der Waals surface area contributed by atoms with Crippen molar-refractivity contribution in [1.29, 1.82) is 0 Å². The van der Waals surface area contributed by atoms with Gasteiger partial charge in [-0.15, -0.1) is 11.8 Å². The molecule has 18 heavy (non-hydrogen) atoms. The fourth-order valence-corrected chi connectivity index (χ4v) is 3.11. The lowest BCUT2D eigenvalue weighted by Gasteiger charge is -2.21. The van der Waals surface area contributed by atoms with E-state index in [0.717, 1.165) is 23.7 Å². The standard InChI is InChI=1S/C14H19NO2S/c1-9-7-15(8-10(9)2)11-5-4-6-12(18-3)13(11)14(16)17/h4-6,9-10H,7-8H2,1-3H3,(H,16,17). The van der Waals surface area contributed by atoms with Crippen LogP contribution in [0, 0.1) is 11.8 Å². The maximum absolute atomic E-state index is 11.5. The van der Waals surface area contributed by atoms with Gasteiger partial charge in [-0.3, -0.25) is 0 Å². The van der Waals surface area contributed by atoms with Gasteiger partial charge in [-0.1, -0.05) is 19.9 Å². The molecule has 1 saturated heterocycles. The first-order valence-corrected chi connectivity index (χ1v) is 7.42. The smallest absolute Gasteiger partial charge is 0.338 e. The molecule has 2 atom stereocenters. The lowest BCUT2D eigenvalue weighted by atomic mass is 10.0. The maximum atomic E-state index is 11.5. The number of carbonyl (C=O) groups is 1. The van der Waals surface area contributed by atoms with Crippen molar-refractivity contribution in [2.45, 2.75) is 18.7 Å². The van der Waals surface area contributed by atoms with Gasteiger partial charge < -0.3 is 10.0 Å². The lowest BCUT2D eigenvalue weighted by Crippen LogP contribution is -2.22. The minimum atomic E-state index is -0.831. The van der Waals surface area contributed by atoms with E-state index in [2.05, 4.69) is 18.7 Å². The SMILES string of the molecule is CSc1cccc(N2CC(C)C(C)C2)c1C(=O)O. The molecule has 1 fully saturated rings. The highest BCUT2D eigenvalue weighted by Gasteiger charge is 2.29. The predicted octanol–water partition coefficient (Wildman–Crippen LogP) is 3.20. The monoisotopic (exact) mass is 265 g/mol. The van der Waals surface area contributed by atoms with E-state index >= 15 is 0 Å². The quantitative estimate of drug-likeness (QED) is 0.852. The zero-order chi connectivity index (χ0) is 13.3. The topological polar surface area (TPSA) is 40.5 Å². The third-order valence-corrected chi connectivity index (χ3v) is 4.55. The molecule has 1 aliphatic heterocycles. The van der Waals surface area contributed by atoms with Crippen LogP contribution in [-0.2, 0) is 0 Å². The summed E-state index contributed by atoms with van der Waals surface area (Å²) >= 11 is 1.49. The molecule has 2 unspecified atom stereocenters. The number of rotatable bonds is 3. The van der Waals surface area contributed by atoms with Crippen LogP contribution in [0.25, 0.3) is 0 Å². The second-order valence-electron chi connectivity index (χ2n) is 5.02. The Balaban J connectivity index is 2.42. The van der Waals surface area contributed by atoms with E-state index in [4.69, 9.17) is 0 Å². The first-order valence-electron chi connectivity index (χ1n) is 6.19. The average Bonchev–Trinajstić information content (AvgIpc) is 2.68. The second-order valence-corrected chi connectivity index (χ2v) is 5.87. The van der Waals surface area contributed by atoms with Crippen LogP contribution in [0.2, 0.25) is 0 Å². The molecule has 1 N–H and O–H groups in total. The molecular formula is C14H19NO2S. The van der Waals surface area contributed by atoms with Crippen LogP contribution < -0.4 is 4.90 Å². The van der Waals surface area contributed by atoms with Gasteiger partial charge in [-0.05, 0) is 30.2 Å². The summed E-state index contributed by atoms with van der Waals surface area (Å²) in [4.78, 5) is 14.5. The van der Waals surface area contributed by atoms with Crippen molar-refractivity contribution in [3.63, 3.8) is 0 Å². The molecule has 0 aromatic heterocycles. The van der Waals surface area contributed by atoms with Crippen LogP contribution in [-0.4, -0.2) is 30.4 Å². The van der Waals surface area contributed by atoms with E-state index in [1.807, 2.05) is 24.5 Å². The molecule has 1 heterocycles. The van der Waals surface area contributed by atoms with Gasteiger partial charge in [0.25, 0.3) is 0 Å². The van der Waals surface area contributed by atoms with Crippen molar-refractivity contribution in [3.8, 4) is 0 Å². The molecule has 1 aromatic rings. The molecule has 98 valence electrons. The van der Waals surface area contributed by atoms with E-state index in [1.165, 1.54) is 11.8 Å². The van der Waals surface area contributed by atoms with Crippen LogP contribution in [0.1, 0.15) is 24.2 Å². The Labute approximate surface area is 112 Å². The molecule has 0 radical (unpaired) electrons. The molecule has 4 heteroatoms. The Morgan fingerprint density at radius 3 is 2.44 bits per heavy atom. The van der Waals surface area contributed by atoms with Gasteiger partial charge >= 0.3 is 5.97 Å². The minimum absolute atomic E-state index is 0.450. The van der Waals surface area contributed by atoms with Crippen molar-refractivity contribution in [2.24, 2.45) is 11.8 Å². The first-order chi connectivity index (χ1) is 8.54. The number of carboxylic acid groups (broad SMARTS) is 1. The molecule has 0 amide bonds. The first kappa shape index (κ1) is 13.3. The third-order valence-electron chi connectivity index (χ3n) is 3.77. The predicted molar refractivity (Wildman–Crippen MR) is 75.7 cm³/mol. The Morgan fingerprint density at radius 2 is 1.94 bits per heavy atom. The van der Waals surface area contributed by atoms with Gasteiger partial charge in [-0.25, -0.2) is 4.79 Å². The van der Waals surface area contributed by atoms with Crippen molar-refractivity contribution < 1.29 is 9.90 Å². The van der Waals surface area contributed by atoms with E-state index in [9.17, 15) is 9.90 Å². The molecule has 1 aliphatic rings. The van der Waals surface area contributed by atoms with Crippen molar-refractivity contribution in [2.75, 3.05) is 24.2 Å². The number of hydrogen-bond donors (Lipinski definition) is 1. The van der Waals surface area contributed by atoms with E-state index < -0.39 is 5.97 Å². The average molecular weight is 265 g/mol. The molecule has 0 spiro atoms. The second kappa shape index (κ2) is 5.22. The zero-order valence-electron chi connectivity index (χ0n) is 11.0. The number of thioether (sulfide) groups is 1. The molecule has 0 aliphatic carbocycles. The molecular weight excluding hydrogens is 246 g/mol. The molecule has 0 bridgehead atoms. The van der Waals surface area contributed by atoms with Gasteiger partial charge in [0.1, 0.15) is 0 Å². The number of hydrogen-bond acceptors (Lipinski definition) is 3. The fraction of sp³-hybridized carbons (Fsp3) is 0.500. The Hall–Kier alpha value is -1.16. The van der Waals surface area contributed by atoms with Crippen LogP contribution in [0.15, 0.2) is 23.1 Å². The largest absolute Gasteiger partial charge is 0.478 e. The normalized spacial score (nSPS) is 23.4. The number of aromatic carboxylic acids is 1. The maximum Gasteiger partial charge on any atom is 0.338 e. The van der Waals surface area contributed by atoms with Crippen LogP contribution in [0.5, 0.6) is 0 Å². The van der Waals surface area contributed by atoms with Gasteiger partial charge in [0, 0.05) is 18.0 Å². The summed E-state index contributed by atoms with van der Waals surface area (Å²) in [5.74, 6) is 0.399. The minimum Gasteiger partial charge on any atom is -0.478 e. The fourth-order valence-electron chi connectivity index (χ4n) is 2.49. The third kappa shape index (κ3) is 2.34. The summed E-state index contributed by atoms with van der Waals surface area (Å²) in [7, 11) is 0. The Kier molecular flexibility index (Phi) is 3.85. The molecule has 2 rings (SSSR count). The van der Waals surface area contributed by atoms with Crippen LogP contribution in [0.3, 0.4) is 0 Å². The summed E-state index contributed by atoms with van der Waals surface area (Å²) in [6.07, 6.45) is 1.92. The van der Waals surface area contributed by atoms with Crippen molar-refractivity contribution in [1.82, 2.24) is 0 Å². The van der Waals surface area contributed by atoms with Crippen LogP contribution in [0.4, 0.5) is 5.69 Å². The van der Waals surface area contributed by atoms with E-state index in [1.54, 1.807) is 0 Å². The summed E-state index contributed by atoms with van der Waals surface area (Å²) < 4.78 is 0. The summed E-state index contributed by atoms with van der Waals surface area (Å²) in [5.41, 5.74) is 1.32. The van der Waals surface area contributed by atoms with Gasteiger partial charge in [-0.2, -0.15) is 0 Å². The summed E-state index contributed by atoms with van der Waals surface area (Å²) in [6, 6.07) is 5.75. The number of nitrogens with zero attached hydrogens (tertiary/aromatic N) is 1. The van der Waals surface area contributed by atoms with Gasteiger partial charge in [0.2, 0.25) is 0 Å². The molecule has 3 nitrogen and oxygen atoms in total. The Morgan fingerprint density at radius 1 is 1.33 bits per heavy atom. The number of carboxylic acids is 1. The van der Waals surface area contributed by atoms with Gasteiger partial charge in [0.15, 0.2) is 0 Å². The van der Waals surface area contributed by atoms with Gasteiger partial charge in [0.05, 0.1) is 11.3 Å². The summed E-state index contributed by atoms with van der Waals surface area (Å²) in [5, 5.41) is 9.43. The van der Waals surface area contributed by atoms with Crippen molar-refractivity contribution >= 4 is 23.4 Å². The zero-order valence-corrected chi connectivity index (χ0v) is 11.8. The van der Waals surface area contributed by atoms with Crippen LogP contribution >= 0.6 is 11.8 Å². The number of benzene rings is 1. The molecule has 1 aromatic carbocycles. The highest BCUT2D eigenvalue weighted by Crippen LogP contribution is 2.34. The number of anilines is 1. The summed E-state index contributed by atoms with van der Waals surface area (Å²) in [6.45, 7) is 6.34.